The highest BCUT2D eigenvalue weighted by Crippen LogP contribution is 2.36. The Morgan fingerprint density at radius 2 is 1.46 bits per heavy atom. The van der Waals surface area contributed by atoms with Gasteiger partial charge in [0.2, 0.25) is 0 Å². The van der Waals surface area contributed by atoms with Gasteiger partial charge in [-0.05, 0) is 62.9 Å². The van der Waals surface area contributed by atoms with Crippen LogP contribution in [0.3, 0.4) is 0 Å². The van der Waals surface area contributed by atoms with Crippen molar-refractivity contribution in [3.05, 3.63) is 60.2 Å². The lowest BCUT2D eigenvalue weighted by atomic mass is 9.89. The van der Waals surface area contributed by atoms with E-state index < -0.39 is 0 Å². The second kappa shape index (κ2) is 8.08. The van der Waals surface area contributed by atoms with Gasteiger partial charge in [0, 0.05) is 0 Å². The second-order valence-electron chi connectivity index (χ2n) is 7.72. The van der Waals surface area contributed by atoms with Crippen molar-refractivity contribution in [3.8, 4) is 0 Å². The summed E-state index contributed by atoms with van der Waals surface area (Å²) in [5.41, 5.74) is 1.50. The summed E-state index contributed by atoms with van der Waals surface area (Å²) in [6.07, 6.45) is 12.2. The van der Waals surface area contributed by atoms with Crippen LogP contribution >= 0.6 is 0 Å². The van der Waals surface area contributed by atoms with E-state index >= 15 is 0 Å². The molecule has 0 atom stereocenters. The minimum absolute atomic E-state index is 1.19. The molecule has 0 fully saturated rings. The quantitative estimate of drug-likeness (QED) is 0.213. The molecule has 1 radical (unpaired) electrons. The summed E-state index contributed by atoms with van der Waals surface area (Å²) < 4.78 is 0. The second-order valence-corrected chi connectivity index (χ2v) is 7.72. The number of rotatable bonds is 9. The lowest BCUT2D eigenvalue weighted by Crippen LogP contribution is -1.92. The van der Waals surface area contributed by atoms with Crippen LogP contribution in [0.4, 0.5) is 0 Å². The Labute approximate surface area is 157 Å². The maximum absolute atomic E-state index is 3.48. The third-order valence-electron chi connectivity index (χ3n) is 5.81. The number of benzene rings is 4. The van der Waals surface area contributed by atoms with E-state index in [1.54, 1.807) is 0 Å². The molecule has 0 unspecified atom stereocenters. The summed E-state index contributed by atoms with van der Waals surface area (Å²) in [5.74, 6) is 0. The SMILES string of the molecule is CCCCCCCCCCc1cc2[c]ccc3ccc4cccc1c4c23. The summed E-state index contributed by atoms with van der Waals surface area (Å²) in [6, 6.07) is 21.4. The monoisotopic (exact) mass is 341 g/mol. The van der Waals surface area contributed by atoms with Crippen molar-refractivity contribution < 1.29 is 0 Å². The van der Waals surface area contributed by atoms with E-state index in [2.05, 4.69) is 61.5 Å². The molecule has 4 aromatic carbocycles. The van der Waals surface area contributed by atoms with Crippen LogP contribution in [0.1, 0.15) is 63.9 Å². The Hall–Kier alpha value is -2.08. The lowest BCUT2D eigenvalue weighted by Gasteiger charge is -2.14. The van der Waals surface area contributed by atoms with Crippen molar-refractivity contribution in [1.29, 1.82) is 0 Å². The van der Waals surface area contributed by atoms with Crippen molar-refractivity contribution in [2.24, 2.45) is 0 Å². The largest absolute Gasteiger partial charge is 0.0654 e. The predicted molar refractivity (Wildman–Crippen MR) is 115 cm³/mol. The van der Waals surface area contributed by atoms with Crippen LogP contribution < -0.4 is 0 Å². The van der Waals surface area contributed by atoms with Crippen LogP contribution in [0.2, 0.25) is 0 Å². The summed E-state index contributed by atoms with van der Waals surface area (Å²) in [7, 11) is 0. The molecule has 0 N–H and O–H groups in total. The fraction of sp³-hybridized carbons (Fsp3) is 0.385. The van der Waals surface area contributed by atoms with Gasteiger partial charge in [0.15, 0.2) is 0 Å². The molecule has 0 bridgehead atoms. The Kier molecular flexibility index (Phi) is 5.39. The van der Waals surface area contributed by atoms with Crippen LogP contribution in [0.15, 0.2) is 48.5 Å². The molecule has 0 aliphatic carbocycles. The Balaban J connectivity index is 1.52. The van der Waals surface area contributed by atoms with Crippen LogP contribution in [-0.2, 0) is 6.42 Å². The standard InChI is InChI=1S/C26H29/c1-2-3-4-5-6-7-8-9-12-22-19-23-15-10-13-20-17-18-21-14-11-16-24(22)26(21)25(20)23/h10-11,13-14,16-19H,2-9,12H2,1H3. The van der Waals surface area contributed by atoms with E-state index in [1.807, 2.05) is 0 Å². The topological polar surface area (TPSA) is 0 Å². The van der Waals surface area contributed by atoms with E-state index in [9.17, 15) is 0 Å². The first-order valence-electron chi connectivity index (χ1n) is 10.5. The third kappa shape index (κ3) is 3.43. The van der Waals surface area contributed by atoms with E-state index in [0.29, 0.717) is 0 Å². The minimum Gasteiger partial charge on any atom is -0.0654 e. The fourth-order valence-corrected chi connectivity index (χ4v) is 4.41. The van der Waals surface area contributed by atoms with E-state index in [4.69, 9.17) is 0 Å². The molecule has 0 aliphatic heterocycles. The van der Waals surface area contributed by atoms with Crippen LogP contribution in [0, 0.1) is 6.07 Å². The van der Waals surface area contributed by atoms with Crippen LogP contribution in [0.5, 0.6) is 0 Å². The number of hydrogen-bond acceptors (Lipinski definition) is 0. The molecule has 0 aromatic heterocycles. The van der Waals surface area contributed by atoms with E-state index in [0.717, 1.165) is 0 Å². The van der Waals surface area contributed by atoms with Gasteiger partial charge in [-0.2, -0.15) is 0 Å². The molecule has 0 saturated heterocycles. The van der Waals surface area contributed by atoms with Gasteiger partial charge in [-0.15, -0.1) is 0 Å². The zero-order valence-corrected chi connectivity index (χ0v) is 16.0. The van der Waals surface area contributed by atoms with Gasteiger partial charge in [0.25, 0.3) is 0 Å². The maximum Gasteiger partial charge on any atom is -0.00204 e. The van der Waals surface area contributed by atoms with Crippen LogP contribution in [0.25, 0.3) is 32.3 Å². The Morgan fingerprint density at radius 1 is 0.731 bits per heavy atom. The molecule has 0 amide bonds. The lowest BCUT2D eigenvalue weighted by molar-refractivity contribution is 0.576. The molecule has 26 heavy (non-hydrogen) atoms. The molecule has 4 aromatic rings. The summed E-state index contributed by atoms with van der Waals surface area (Å²) in [5, 5.41) is 8.25. The molecule has 0 heteroatoms. The van der Waals surface area contributed by atoms with Gasteiger partial charge in [0.05, 0.1) is 0 Å². The van der Waals surface area contributed by atoms with Crippen molar-refractivity contribution in [1.82, 2.24) is 0 Å². The van der Waals surface area contributed by atoms with Gasteiger partial charge in [-0.3, -0.25) is 0 Å². The molecular formula is C26H29. The van der Waals surface area contributed by atoms with Gasteiger partial charge >= 0.3 is 0 Å². The van der Waals surface area contributed by atoms with Crippen molar-refractivity contribution in [3.63, 3.8) is 0 Å². The van der Waals surface area contributed by atoms with Gasteiger partial charge in [-0.1, -0.05) is 94.3 Å². The first-order valence-corrected chi connectivity index (χ1v) is 10.5. The fourth-order valence-electron chi connectivity index (χ4n) is 4.41. The van der Waals surface area contributed by atoms with E-state index in [-0.39, 0.29) is 0 Å². The van der Waals surface area contributed by atoms with Gasteiger partial charge in [-0.25, -0.2) is 0 Å². The number of aryl methyl sites for hydroxylation is 1. The zero-order chi connectivity index (χ0) is 17.8. The molecule has 0 nitrogen and oxygen atoms in total. The minimum atomic E-state index is 1.19. The molecule has 133 valence electrons. The maximum atomic E-state index is 3.48. The highest BCUT2D eigenvalue weighted by Gasteiger charge is 2.11. The first kappa shape index (κ1) is 17.3. The molecule has 0 aliphatic rings. The molecule has 4 rings (SSSR count). The average molecular weight is 342 g/mol. The van der Waals surface area contributed by atoms with Crippen molar-refractivity contribution >= 4 is 32.3 Å². The first-order chi connectivity index (χ1) is 12.9. The highest BCUT2D eigenvalue weighted by molar-refractivity contribution is 6.23. The average Bonchev–Trinajstić information content (AvgIpc) is 2.68. The third-order valence-corrected chi connectivity index (χ3v) is 5.81. The van der Waals surface area contributed by atoms with Crippen molar-refractivity contribution in [2.45, 2.75) is 64.7 Å². The van der Waals surface area contributed by atoms with Gasteiger partial charge < -0.3 is 0 Å². The smallest absolute Gasteiger partial charge is 0.00204 e. The van der Waals surface area contributed by atoms with Crippen molar-refractivity contribution in [2.75, 3.05) is 0 Å². The zero-order valence-electron chi connectivity index (χ0n) is 16.0. The Bertz CT molecular complexity index is 979. The molecule has 0 spiro atoms. The van der Waals surface area contributed by atoms with Gasteiger partial charge in [0.1, 0.15) is 0 Å². The Morgan fingerprint density at radius 3 is 2.27 bits per heavy atom. The predicted octanol–water partition coefficient (Wildman–Crippen LogP) is 8.07. The molecule has 0 saturated carbocycles. The molecular weight excluding hydrogens is 312 g/mol. The normalized spacial score (nSPS) is 11.9. The molecule has 0 heterocycles. The summed E-state index contributed by atoms with van der Waals surface area (Å²) in [6.45, 7) is 2.29. The highest BCUT2D eigenvalue weighted by atomic mass is 14.1. The summed E-state index contributed by atoms with van der Waals surface area (Å²) in [4.78, 5) is 0. The summed E-state index contributed by atoms with van der Waals surface area (Å²) >= 11 is 0. The number of hydrogen-bond donors (Lipinski definition) is 0. The van der Waals surface area contributed by atoms with Crippen LogP contribution in [-0.4, -0.2) is 0 Å². The van der Waals surface area contributed by atoms with E-state index in [1.165, 1.54) is 95.7 Å². The number of unbranched alkanes of at least 4 members (excludes halogenated alkanes) is 7.